The zero-order valence-corrected chi connectivity index (χ0v) is 21.3. The summed E-state index contributed by atoms with van der Waals surface area (Å²) in [5.41, 5.74) is 5.10. The molecule has 37 heavy (non-hydrogen) atoms. The van der Waals surface area contributed by atoms with Crippen LogP contribution in [0.2, 0.25) is 0 Å². The van der Waals surface area contributed by atoms with Gasteiger partial charge in [-0.05, 0) is 37.1 Å². The number of para-hydroxylation sites is 1. The van der Waals surface area contributed by atoms with Crippen molar-refractivity contribution in [3.05, 3.63) is 82.9 Å². The van der Waals surface area contributed by atoms with Crippen LogP contribution in [0.1, 0.15) is 46.7 Å². The van der Waals surface area contributed by atoms with Crippen LogP contribution in [0.3, 0.4) is 0 Å². The van der Waals surface area contributed by atoms with Crippen molar-refractivity contribution < 1.29 is 14.3 Å². The molecule has 2 amide bonds. The van der Waals surface area contributed by atoms with Crippen molar-refractivity contribution in [2.75, 3.05) is 19.4 Å². The van der Waals surface area contributed by atoms with E-state index in [-0.39, 0.29) is 17.7 Å². The number of hydrogen-bond donors (Lipinski definition) is 1. The standard InChI is InChI=1S/C28H25N5O3S/c1-33(2)25(34)18-10-8-17(9-11-18)21-13-12-20-23(19-6-3-4-7-22(19)36-24(20)30-21)28(14-5-15-28)26(35)31-27-32-29-16-37-27/h3-4,6-13,16,23H,5,14-15H2,1-2H3,(H,31,32,35). The first kappa shape index (κ1) is 23.3. The van der Waals surface area contributed by atoms with E-state index in [1.807, 2.05) is 48.5 Å². The number of pyridine rings is 1. The Kier molecular flexibility index (Phi) is 5.72. The lowest BCUT2D eigenvalue weighted by molar-refractivity contribution is -0.131. The lowest BCUT2D eigenvalue weighted by atomic mass is 9.56. The second-order valence-corrected chi connectivity index (χ2v) is 10.5. The minimum atomic E-state index is -0.627. The van der Waals surface area contributed by atoms with E-state index in [4.69, 9.17) is 9.72 Å². The molecule has 3 heterocycles. The lowest BCUT2D eigenvalue weighted by Crippen LogP contribution is -2.47. The number of nitrogens with one attached hydrogen (secondary N) is 1. The van der Waals surface area contributed by atoms with E-state index in [2.05, 4.69) is 15.5 Å². The van der Waals surface area contributed by atoms with Gasteiger partial charge in [-0.25, -0.2) is 4.98 Å². The van der Waals surface area contributed by atoms with Crippen molar-refractivity contribution in [2.45, 2.75) is 25.2 Å². The zero-order valence-electron chi connectivity index (χ0n) is 20.5. The van der Waals surface area contributed by atoms with Gasteiger partial charge in [0.2, 0.25) is 16.9 Å². The number of carbonyl (C=O) groups excluding carboxylic acids is 2. The Balaban J connectivity index is 1.39. The number of anilines is 1. The van der Waals surface area contributed by atoms with Crippen molar-refractivity contribution in [3.63, 3.8) is 0 Å². The number of fused-ring (bicyclic) bond motifs is 2. The zero-order chi connectivity index (χ0) is 25.6. The highest BCUT2D eigenvalue weighted by Crippen LogP contribution is 2.59. The summed E-state index contributed by atoms with van der Waals surface area (Å²) >= 11 is 1.31. The Bertz CT molecular complexity index is 1480. The van der Waals surface area contributed by atoms with E-state index in [1.165, 1.54) is 11.3 Å². The van der Waals surface area contributed by atoms with E-state index >= 15 is 0 Å². The van der Waals surface area contributed by atoms with Gasteiger partial charge >= 0.3 is 0 Å². The van der Waals surface area contributed by atoms with Crippen LogP contribution >= 0.6 is 11.3 Å². The average Bonchev–Trinajstić information content (AvgIpc) is 3.40. The quantitative estimate of drug-likeness (QED) is 0.388. The molecule has 2 aromatic heterocycles. The second-order valence-electron chi connectivity index (χ2n) is 9.65. The van der Waals surface area contributed by atoms with E-state index in [0.29, 0.717) is 22.3 Å². The second kappa shape index (κ2) is 9.08. The third-order valence-corrected chi connectivity index (χ3v) is 7.91. The number of nitrogens with zero attached hydrogens (tertiary/aromatic N) is 4. The summed E-state index contributed by atoms with van der Waals surface area (Å²) in [5, 5.41) is 11.4. The number of rotatable bonds is 5. The van der Waals surface area contributed by atoms with Gasteiger partial charge in [0.25, 0.3) is 5.91 Å². The molecular weight excluding hydrogens is 486 g/mol. The predicted octanol–water partition coefficient (Wildman–Crippen LogP) is 5.35. The lowest BCUT2D eigenvalue weighted by Gasteiger charge is -2.48. The van der Waals surface area contributed by atoms with Crippen LogP contribution in [0.25, 0.3) is 11.3 Å². The molecule has 1 aliphatic heterocycles. The number of hydrogen-bond acceptors (Lipinski definition) is 7. The molecule has 0 bridgehead atoms. The van der Waals surface area contributed by atoms with Crippen LogP contribution in [0, 0.1) is 5.41 Å². The van der Waals surface area contributed by atoms with Gasteiger partial charge in [0.05, 0.1) is 11.1 Å². The Morgan fingerprint density at radius 1 is 1.03 bits per heavy atom. The normalized spacial score (nSPS) is 17.0. The fourth-order valence-corrected chi connectivity index (χ4v) is 5.73. The van der Waals surface area contributed by atoms with Crippen molar-refractivity contribution in [2.24, 2.45) is 5.41 Å². The monoisotopic (exact) mass is 511 g/mol. The van der Waals surface area contributed by atoms with Gasteiger partial charge in [0, 0.05) is 42.3 Å². The molecule has 1 N–H and O–H groups in total. The fourth-order valence-electron chi connectivity index (χ4n) is 5.29. The van der Waals surface area contributed by atoms with Crippen molar-refractivity contribution in [1.29, 1.82) is 0 Å². The maximum absolute atomic E-state index is 13.7. The molecule has 1 unspecified atom stereocenters. The van der Waals surface area contributed by atoms with E-state index in [9.17, 15) is 9.59 Å². The molecule has 0 radical (unpaired) electrons. The SMILES string of the molecule is CN(C)C(=O)c1ccc(-c2ccc3c(n2)Oc2ccccc2C3C2(C(=O)Nc3nncs3)CCC2)cc1. The molecule has 0 spiro atoms. The Hall–Kier alpha value is -4.11. The highest BCUT2D eigenvalue weighted by molar-refractivity contribution is 7.13. The van der Waals surface area contributed by atoms with E-state index in [0.717, 1.165) is 41.6 Å². The number of amides is 2. The molecule has 8 nitrogen and oxygen atoms in total. The smallest absolute Gasteiger partial charge is 0.253 e. The van der Waals surface area contributed by atoms with Crippen LogP contribution in [-0.4, -0.2) is 46.0 Å². The third kappa shape index (κ3) is 3.95. The summed E-state index contributed by atoms with van der Waals surface area (Å²) < 4.78 is 6.29. The average molecular weight is 512 g/mol. The van der Waals surface area contributed by atoms with Gasteiger partial charge in [-0.1, -0.05) is 54.2 Å². The van der Waals surface area contributed by atoms with Gasteiger partial charge in [-0.15, -0.1) is 10.2 Å². The van der Waals surface area contributed by atoms with E-state index < -0.39 is 5.41 Å². The third-order valence-electron chi connectivity index (χ3n) is 7.30. The summed E-state index contributed by atoms with van der Waals surface area (Å²) in [7, 11) is 3.46. The summed E-state index contributed by atoms with van der Waals surface area (Å²) in [4.78, 5) is 32.4. The first-order valence-corrected chi connectivity index (χ1v) is 13.0. The molecule has 4 aromatic rings. The predicted molar refractivity (Wildman–Crippen MR) is 141 cm³/mol. The number of carbonyl (C=O) groups is 2. The van der Waals surface area contributed by atoms with Gasteiger partial charge in [0.15, 0.2) is 0 Å². The van der Waals surface area contributed by atoms with Crippen LogP contribution < -0.4 is 10.1 Å². The summed E-state index contributed by atoms with van der Waals surface area (Å²) in [6.07, 6.45) is 2.50. The van der Waals surface area contributed by atoms with Gasteiger partial charge < -0.3 is 15.0 Å². The molecule has 186 valence electrons. The van der Waals surface area contributed by atoms with Crippen LogP contribution in [-0.2, 0) is 4.79 Å². The maximum Gasteiger partial charge on any atom is 0.253 e. The minimum absolute atomic E-state index is 0.0478. The molecule has 1 atom stereocenters. The molecule has 2 aromatic carbocycles. The first-order valence-electron chi connectivity index (χ1n) is 12.1. The highest BCUT2D eigenvalue weighted by Gasteiger charge is 2.54. The number of ether oxygens (including phenoxy) is 1. The van der Waals surface area contributed by atoms with Crippen molar-refractivity contribution in [3.8, 4) is 22.9 Å². The van der Waals surface area contributed by atoms with Crippen LogP contribution in [0.4, 0.5) is 5.13 Å². The molecule has 1 aliphatic carbocycles. The summed E-state index contributed by atoms with van der Waals surface area (Å²) in [6, 6.07) is 19.2. The van der Waals surface area contributed by atoms with Crippen LogP contribution in [0.5, 0.6) is 11.6 Å². The Morgan fingerprint density at radius 3 is 2.49 bits per heavy atom. The molecule has 2 aliphatic rings. The molecule has 6 rings (SSSR count). The van der Waals surface area contributed by atoms with Crippen molar-refractivity contribution in [1.82, 2.24) is 20.1 Å². The summed E-state index contributed by atoms with van der Waals surface area (Å²) in [5.74, 6) is 0.922. The number of benzene rings is 2. The highest BCUT2D eigenvalue weighted by atomic mass is 32.1. The van der Waals surface area contributed by atoms with Gasteiger partial charge in [-0.2, -0.15) is 0 Å². The topological polar surface area (TPSA) is 97.3 Å². The van der Waals surface area contributed by atoms with Gasteiger partial charge in [-0.3, -0.25) is 9.59 Å². The number of aromatic nitrogens is 3. The van der Waals surface area contributed by atoms with Crippen molar-refractivity contribution >= 4 is 28.3 Å². The van der Waals surface area contributed by atoms with Crippen LogP contribution in [0.15, 0.2) is 66.2 Å². The van der Waals surface area contributed by atoms with E-state index in [1.54, 1.807) is 36.6 Å². The Morgan fingerprint density at radius 2 is 1.81 bits per heavy atom. The first-order chi connectivity index (χ1) is 18.0. The fraction of sp³-hybridized carbons (Fsp3) is 0.250. The maximum atomic E-state index is 13.7. The Labute approximate surface area is 218 Å². The minimum Gasteiger partial charge on any atom is -0.438 e. The molecule has 1 saturated carbocycles. The molecule has 1 fully saturated rings. The summed E-state index contributed by atoms with van der Waals surface area (Å²) in [6.45, 7) is 0. The molecule has 9 heteroatoms. The molecular formula is C28H25N5O3S. The molecule has 0 saturated heterocycles. The largest absolute Gasteiger partial charge is 0.438 e. The van der Waals surface area contributed by atoms with Gasteiger partial charge in [0.1, 0.15) is 11.3 Å².